The number of carbonyl (C=O) groups excluding carboxylic acids is 1. The number of rotatable bonds is 6. The Morgan fingerprint density at radius 1 is 1.18 bits per heavy atom. The Hall–Kier alpha value is -2.92. The molecule has 1 amide bonds. The number of nitrogens with zero attached hydrogens (tertiary/aromatic N) is 3. The third-order valence-corrected chi connectivity index (χ3v) is 8.07. The van der Waals surface area contributed by atoms with Crippen molar-refractivity contribution >= 4 is 26.8 Å². The van der Waals surface area contributed by atoms with E-state index in [2.05, 4.69) is 10.2 Å². The molecule has 0 radical (unpaired) electrons. The van der Waals surface area contributed by atoms with Crippen molar-refractivity contribution in [3.8, 4) is 0 Å². The first kappa shape index (κ1) is 24.2. The lowest BCUT2D eigenvalue weighted by molar-refractivity contribution is -0.137. The molecule has 0 spiro atoms. The summed E-state index contributed by atoms with van der Waals surface area (Å²) in [6.07, 6.45) is -2.13. The van der Waals surface area contributed by atoms with E-state index in [0.717, 1.165) is 17.5 Å². The Bertz CT molecular complexity index is 1280. The van der Waals surface area contributed by atoms with Crippen LogP contribution in [-0.2, 0) is 27.5 Å². The van der Waals surface area contributed by atoms with Crippen LogP contribution in [0.15, 0.2) is 53.6 Å². The van der Waals surface area contributed by atoms with Crippen LogP contribution < -0.4 is 0 Å². The fraction of sp³-hybridized carbons (Fsp3) is 0.391. The normalized spacial score (nSPS) is 16.1. The molecule has 2 aromatic carbocycles. The number of hydrogen-bond acceptors (Lipinski definition) is 4. The molecule has 1 N–H and O–H groups in total. The molecule has 1 aromatic heterocycles. The second kappa shape index (κ2) is 9.38. The van der Waals surface area contributed by atoms with Crippen molar-refractivity contribution in [1.29, 1.82) is 0 Å². The predicted molar refractivity (Wildman–Crippen MR) is 120 cm³/mol. The number of benzene rings is 2. The van der Waals surface area contributed by atoms with Gasteiger partial charge in [-0.1, -0.05) is 12.1 Å². The van der Waals surface area contributed by atoms with Gasteiger partial charge in [-0.15, -0.1) is 0 Å². The minimum Gasteiger partial charge on any atom is -0.338 e. The van der Waals surface area contributed by atoms with Crippen molar-refractivity contribution in [3.63, 3.8) is 0 Å². The molecular weight excluding hydrogens is 469 g/mol. The van der Waals surface area contributed by atoms with E-state index in [1.54, 1.807) is 31.3 Å². The largest absolute Gasteiger partial charge is 0.416 e. The van der Waals surface area contributed by atoms with Crippen LogP contribution in [0, 0.1) is 5.92 Å². The number of carbonyl (C=O) groups is 1. The van der Waals surface area contributed by atoms with Gasteiger partial charge < -0.3 is 4.90 Å². The second-order valence-corrected chi connectivity index (χ2v) is 10.3. The van der Waals surface area contributed by atoms with Crippen molar-refractivity contribution in [3.05, 3.63) is 59.8 Å². The van der Waals surface area contributed by atoms with E-state index in [1.807, 2.05) is 0 Å². The summed E-state index contributed by atoms with van der Waals surface area (Å²) in [6.45, 7) is 2.58. The third kappa shape index (κ3) is 4.95. The summed E-state index contributed by atoms with van der Waals surface area (Å²) < 4.78 is 66.6. The number of fused-ring (bicyclic) bond motifs is 1. The molecule has 182 valence electrons. The van der Waals surface area contributed by atoms with Gasteiger partial charge in [-0.2, -0.15) is 22.6 Å². The van der Waals surface area contributed by atoms with Crippen LogP contribution in [0.1, 0.15) is 30.9 Å². The molecule has 0 saturated carbocycles. The molecule has 4 rings (SSSR count). The Labute approximate surface area is 195 Å². The summed E-state index contributed by atoms with van der Waals surface area (Å²) in [6, 6.07) is 9.73. The summed E-state index contributed by atoms with van der Waals surface area (Å²) in [5.74, 6) is -0.553. The lowest BCUT2D eigenvalue weighted by atomic mass is 9.96. The first-order chi connectivity index (χ1) is 16.1. The molecule has 1 saturated heterocycles. The van der Waals surface area contributed by atoms with Crippen LogP contribution in [0.2, 0.25) is 0 Å². The second-order valence-electron chi connectivity index (χ2n) is 8.35. The first-order valence-corrected chi connectivity index (χ1v) is 12.4. The van der Waals surface area contributed by atoms with Gasteiger partial charge in [0.1, 0.15) is 0 Å². The zero-order chi connectivity index (χ0) is 24.5. The van der Waals surface area contributed by atoms with Gasteiger partial charge in [-0.3, -0.25) is 9.89 Å². The van der Waals surface area contributed by atoms with Gasteiger partial charge in [0.05, 0.1) is 22.2 Å². The highest BCUT2D eigenvalue weighted by atomic mass is 32.2. The van der Waals surface area contributed by atoms with E-state index in [1.165, 1.54) is 21.3 Å². The number of sulfonamides is 1. The summed E-state index contributed by atoms with van der Waals surface area (Å²) in [4.78, 5) is 14.8. The zero-order valence-corrected chi connectivity index (χ0v) is 19.4. The van der Waals surface area contributed by atoms with Gasteiger partial charge in [0, 0.05) is 37.5 Å². The molecule has 0 aliphatic carbocycles. The SMILES string of the molecule is CCN(Cc1cccc(C(F)(F)F)c1)C(=O)C1CCN(S(=O)(=O)c2ccc3cn[nH]c3c2)CC1. The van der Waals surface area contributed by atoms with Crippen LogP contribution in [0.5, 0.6) is 0 Å². The van der Waals surface area contributed by atoms with E-state index < -0.39 is 21.8 Å². The van der Waals surface area contributed by atoms with E-state index in [-0.39, 0.29) is 36.4 Å². The summed E-state index contributed by atoms with van der Waals surface area (Å²) in [7, 11) is -3.72. The highest BCUT2D eigenvalue weighted by molar-refractivity contribution is 7.89. The maximum absolute atomic E-state index is 13.1. The number of amides is 1. The van der Waals surface area contributed by atoms with Crippen molar-refractivity contribution in [2.75, 3.05) is 19.6 Å². The van der Waals surface area contributed by atoms with Gasteiger partial charge >= 0.3 is 6.18 Å². The standard InChI is InChI=1S/C23H25F3N4O3S/c1-2-29(15-16-4-3-5-19(12-16)23(24,25)26)22(31)17-8-10-30(11-9-17)34(32,33)20-7-6-18-14-27-28-21(18)13-20/h3-7,12-14,17H,2,8-11,15H2,1H3,(H,27,28). The molecule has 1 fully saturated rings. The van der Waals surface area contributed by atoms with Crippen LogP contribution in [-0.4, -0.2) is 53.4 Å². The van der Waals surface area contributed by atoms with Gasteiger partial charge in [-0.05, 0) is 55.7 Å². The summed E-state index contributed by atoms with van der Waals surface area (Å²) >= 11 is 0. The molecule has 7 nitrogen and oxygen atoms in total. The number of piperidine rings is 1. The molecule has 11 heteroatoms. The van der Waals surface area contributed by atoms with Crippen LogP contribution >= 0.6 is 0 Å². The molecule has 0 bridgehead atoms. The van der Waals surface area contributed by atoms with Crippen molar-refractivity contribution < 1.29 is 26.4 Å². The van der Waals surface area contributed by atoms with Gasteiger partial charge in [0.25, 0.3) is 0 Å². The topological polar surface area (TPSA) is 86.4 Å². The smallest absolute Gasteiger partial charge is 0.338 e. The van der Waals surface area contributed by atoms with E-state index >= 15 is 0 Å². The van der Waals surface area contributed by atoms with Crippen LogP contribution in [0.4, 0.5) is 13.2 Å². The lowest BCUT2D eigenvalue weighted by Gasteiger charge is -2.33. The maximum Gasteiger partial charge on any atom is 0.416 e. The monoisotopic (exact) mass is 494 g/mol. The summed E-state index contributed by atoms with van der Waals surface area (Å²) in [5, 5.41) is 7.48. The predicted octanol–water partition coefficient (Wildman–Crippen LogP) is 4.03. The van der Waals surface area contributed by atoms with Crippen molar-refractivity contribution in [2.24, 2.45) is 5.92 Å². The van der Waals surface area contributed by atoms with E-state index in [4.69, 9.17) is 0 Å². The van der Waals surface area contributed by atoms with Gasteiger partial charge in [-0.25, -0.2) is 8.42 Å². The molecule has 34 heavy (non-hydrogen) atoms. The molecule has 1 aliphatic heterocycles. The molecule has 0 unspecified atom stereocenters. The molecule has 3 aromatic rings. The minimum atomic E-state index is -4.45. The van der Waals surface area contributed by atoms with Gasteiger partial charge in [0.2, 0.25) is 15.9 Å². The highest BCUT2D eigenvalue weighted by Gasteiger charge is 2.34. The highest BCUT2D eigenvalue weighted by Crippen LogP contribution is 2.30. The molecular formula is C23H25F3N4O3S. The molecule has 2 heterocycles. The lowest BCUT2D eigenvalue weighted by Crippen LogP contribution is -2.44. The average molecular weight is 495 g/mol. The average Bonchev–Trinajstić information content (AvgIpc) is 3.30. The maximum atomic E-state index is 13.1. The summed E-state index contributed by atoms with van der Waals surface area (Å²) in [5.41, 5.74) is 0.277. The Kier molecular flexibility index (Phi) is 6.68. The number of nitrogens with one attached hydrogen (secondary N) is 1. The number of halogens is 3. The van der Waals surface area contributed by atoms with Gasteiger partial charge in [0.15, 0.2) is 0 Å². The molecule has 0 atom stereocenters. The Morgan fingerprint density at radius 3 is 2.59 bits per heavy atom. The minimum absolute atomic E-state index is 0.0714. The number of hydrogen-bond donors (Lipinski definition) is 1. The van der Waals surface area contributed by atoms with Crippen molar-refractivity contribution in [2.45, 2.75) is 37.4 Å². The number of aromatic amines is 1. The third-order valence-electron chi connectivity index (χ3n) is 6.18. The Balaban J connectivity index is 1.41. The number of H-pyrrole nitrogens is 1. The fourth-order valence-electron chi connectivity index (χ4n) is 4.24. The van der Waals surface area contributed by atoms with Crippen LogP contribution in [0.25, 0.3) is 10.9 Å². The number of alkyl halides is 3. The fourth-order valence-corrected chi connectivity index (χ4v) is 5.74. The Morgan fingerprint density at radius 2 is 1.91 bits per heavy atom. The van der Waals surface area contributed by atoms with Crippen molar-refractivity contribution in [1.82, 2.24) is 19.4 Å². The number of aromatic nitrogens is 2. The van der Waals surface area contributed by atoms with E-state index in [9.17, 15) is 26.4 Å². The first-order valence-electron chi connectivity index (χ1n) is 11.0. The van der Waals surface area contributed by atoms with Crippen LogP contribution in [0.3, 0.4) is 0 Å². The van der Waals surface area contributed by atoms with E-state index in [0.29, 0.717) is 30.5 Å². The zero-order valence-electron chi connectivity index (χ0n) is 18.5. The molecule has 1 aliphatic rings. The quantitative estimate of drug-likeness (QED) is 0.561.